The lowest BCUT2D eigenvalue weighted by molar-refractivity contribution is 0.0311. The van der Waals surface area contributed by atoms with Crippen LogP contribution in [0.2, 0.25) is 0 Å². The van der Waals surface area contributed by atoms with E-state index in [4.69, 9.17) is 5.11 Å². The summed E-state index contributed by atoms with van der Waals surface area (Å²) in [6.45, 7) is 5.49. The van der Waals surface area contributed by atoms with Gasteiger partial charge >= 0.3 is 6.41 Å². The van der Waals surface area contributed by atoms with E-state index in [0.717, 1.165) is 0 Å². The lowest BCUT2D eigenvalue weighted by atomic mass is 10.3. The second-order valence-electron chi connectivity index (χ2n) is 2.48. The molecule has 1 unspecified atom stereocenters. The van der Waals surface area contributed by atoms with Crippen LogP contribution in [0.15, 0.2) is 0 Å². The van der Waals surface area contributed by atoms with Crippen LogP contribution >= 0.6 is 0 Å². The summed E-state index contributed by atoms with van der Waals surface area (Å²) in [4.78, 5) is 11.5. The monoisotopic (exact) mass is 144 g/mol. The molecule has 0 aromatic carbocycles. The van der Waals surface area contributed by atoms with Gasteiger partial charge in [0.1, 0.15) is 6.23 Å². The van der Waals surface area contributed by atoms with Crippen LogP contribution in [0.4, 0.5) is 0 Å². The predicted molar refractivity (Wildman–Crippen MR) is 39.0 cm³/mol. The first kappa shape index (κ1) is 9.43. The molecule has 3 nitrogen and oxygen atoms in total. The second kappa shape index (κ2) is 4.28. The SMILES string of the molecule is CCC(O)N([C]=O)C(C)C. The van der Waals surface area contributed by atoms with E-state index in [1.54, 1.807) is 6.41 Å². The van der Waals surface area contributed by atoms with Crippen LogP contribution in [0.1, 0.15) is 27.2 Å². The summed E-state index contributed by atoms with van der Waals surface area (Å²) < 4.78 is 0. The highest BCUT2D eigenvalue weighted by atomic mass is 16.3. The minimum atomic E-state index is -0.683. The lowest BCUT2D eigenvalue weighted by Crippen LogP contribution is -2.38. The minimum absolute atomic E-state index is 0.0208. The molecule has 0 spiro atoms. The van der Waals surface area contributed by atoms with Gasteiger partial charge in [-0.25, -0.2) is 0 Å². The molecule has 3 heteroatoms. The summed E-state index contributed by atoms with van der Waals surface area (Å²) >= 11 is 0. The van der Waals surface area contributed by atoms with Crippen LogP contribution in [-0.2, 0) is 4.79 Å². The second-order valence-corrected chi connectivity index (χ2v) is 2.48. The van der Waals surface area contributed by atoms with Gasteiger partial charge in [0.25, 0.3) is 0 Å². The van der Waals surface area contributed by atoms with Crippen molar-refractivity contribution in [3.8, 4) is 0 Å². The molecule has 0 heterocycles. The molecule has 0 aliphatic carbocycles. The van der Waals surface area contributed by atoms with Gasteiger partial charge in [0, 0.05) is 6.04 Å². The third-order valence-corrected chi connectivity index (χ3v) is 1.35. The van der Waals surface area contributed by atoms with Crippen LogP contribution in [0.3, 0.4) is 0 Å². The zero-order chi connectivity index (χ0) is 8.15. The maximum absolute atomic E-state index is 10.2. The van der Waals surface area contributed by atoms with E-state index in [-0.39, 0.29) is 6.04 Å². The van der Waals surface area contributed by atoms with Gasteiger partial charge in [0.15, 0.2) is 0 Å². The topological polar surface area (TPSA) is 40.5 Å². The Morgan fingerprint density at radius 1 is 1.60 bits per heavy atom. The largest absolute Gasteiger partial charge is 0.374 e. The van der Waals surface area contributed by atoms with Crippen molar-refractivity contribution in [1.29, 1.82) is 0 Å². The summed E-state index contributed by atoms with van der Waals surface area (Å²) in [5.74, 6) is 0. The predicted octanol–water partition coefficient (Wildman–Crippen LogP) is 0.492. The molecule has 0 aliphatic rings. The van der Waals surface area contributed by atoms with E-state index in [9.17, 15) is 4.79 Å². The first-order valence-electron chi connectivity index (χ1n) is 3.47. The first-order chi connectivity index (χ1) is 4.63. The molecule has 1 radical (unpaired) electrons. The number of hydrogen-bond acceptors (Lipinski definition) is 2. The maximum Gasteiger partial charge on any atom is 0.314 e. The van der Waals surface area contributed by atoms with E-state index in [2.05, 4.69) is 0 Å². The molecule has 0 saturated heterocycles. The number of rotatable bonds is 4. The van der Waals surface area contributed by atoms with Gasteiger partial charge in [0.2, 0.25) is 0 Å². The van der Waals surface area contributed by atoms with E-state index in [0.29, 0.717) is 6.42 Å². The van der Waals surface area contributed by atoms with Crippen LogP contribution in [0.5, 0.6) is 0 Å². The van der Waals surface area contributed by atoms with Crippen molar-refractivity contribution in [2.45, 2.75) is 39.5 Å². The number of carbonyl (C=O) groups excluding carboxylic acids is 1. The molecule has 59 valence electrons. The number of amides is 1. The number of hydrogen-bond donors (Lipinski definition) is 1. The maximum atomic E-state index is 10.2. The summed E-state index contributed by atoms with van der Waals surface area (Å²) in [5.41, 5.74) is 0. The number of aliphatic hydroxyl groups is 1. The molecule has 0 aromatic heterocycles. The van der Waals surface area contributed by atoms with Gasteiger partial charge < -0.3 is 10.0 Å². The smallest absolute Gasteiger partial charge is 0.314 e. The highest BCUT2D eigenvalue weighted by Gasteiger charge is 2.14. The molecule has 0 fully saturated rings. The fraction of sp³-hybridized carbons (Fsp3) is 0.857. The van der Waals surface area contributed by atoms with Crippen molar-refractivity contribution in [3.05, 3.63) is 0 Å². The van der Waals surface area contributed by atoms with Crippen molar-refractivity contribution in [3.63, 3.8) is 0 Å². The van der Waals surface area contributed by atoms with E-state index >= 15 is 0 Å². The Hall–Kier alpha value is -0.570. The summed E-state index contributed by atoms with van der Waals surface area (Å²) in [6.07, 6.45) is 1.55. The Labute approximate surface area is 61.6 Å². The van der Waals surface area contributed by atoms with Crippen molar-refractivity contribution in [2.24, 2.45) is 0 Å². The zero-order valence-electron chi connectivity index (χ0n) is 6.66. The van der Waals surface area contributed by atoms with Crippen LogP contribution in [0.25, 0.3) is 0 Å². The molecule has 0 bridgehead atoms. The standard InChI is InChI=1S/C7H14NO2/c1-4-7(10)8(5-9)6(2)3/h6-7,10H,4H2,1-3H3. The molecule has 0 aromatic rings. The summed E-state index contributed by atoms with van der Waals surface area (Å²) in [5, 5.41) is 9.15. The van der Waals surface area contributed by atoms with Crippen molar-refractivity contribution >= 4 is 6.41 Å². The molecule has 0 saturated carbocycles. The Morgan fingerprint density at radius 2 is 2.10 bits per heavy atom. The third kappa shape index (κ3) is 2.35. The molecule has 1 amide bonds. The molecular weight excluding hydrogens is 130 g/mol. The molecular formula is C7H14NO2. The normalized spacial score (nSPS) is 13.3. The number of aliphatic hydroxyl groups excluding tert-OH is 1. The Bertz CT molecular complexity index is 104. The Kier molecular flexibility index (Phi) is 4.03. The lowest BCUT2D eigenvalue weighted by Gasteiger charge is -2.25. The highest BCUT2D eigenvalue weighted by molar-refractivity contribution is 5.48. The minimum Gasteiger partial charge on any atom is -0.374 e. The van der Waals surface area contributed by atoms with Gasteiger partial charge in [-0.1, -0.05) is 6.92 Å². The molecule has 0 aliphatic heterocycles. The Morgan fingerprint density at radius 3 is 2.20 bits per heavy atom. The van der Waals surface area contributed by atoms with E-state index in [1.807, 2.05) is 20.8 Å². The fourth-order valence-corrected chi connectivity index (χ4v) is 0.707. The average molecular weight is 144 g/mol. The molecule has 10 heavy (non-hydrogen) atoms. The van der Waals surface area contributed by atoms with Crippen molar-refractivity contribution < 1.29 is 9.90 Å². The summed E-state index contributed by atoms with van der Waals surface area (Å²) in [6, 6.07) is 0.0208. The van der Waals surface area contributed by atoms with Gasteiger partial charge in [0.05, 0.1) is 0 Å². The zero-order valence-corrected chi connectivity index (χ0v) is 6.66. The molecule has 1 atom stereocenters. The highest BCUT2D eigenvalue weighted by Crippen LogP contribution is 2.02. The van der Waals surface area contributed by atoms with Crippen molar-refractivity contribution in [1.82, 2.24) is 4.90 Å². The quantitative estimate of drug-likeness (QED) is 0.461. The molecule has 0 rings (SSSR count). The number of nitrogens with zero attached hydrogens (tertiary/aromatic N) is 1. The van der Waals surface area contributed by atoms with Crippen LogP contribution < -0.4 is 0 Å². The average Bonchev–Trinajstić information content (AvgIpc) is 1.88. The fourth-order valence-electron chi connectivity index (χ4n) is 0.707. The first-order valence-corrected chi connectivity index (χ1v) is 3.47. The van der Waals surface area contributed by atoms with Crippen LogP contribution in [0, 0.1) is 0 Å². The van der Waals surface area contributed by atoms with Gasteiger partial charge in [-0.2, -0.15) is 0 Å². The van der Waals surface area contributed by atoms with Gasteiger partial charge in [-0.15, -0.1) is 0 Å². The Balaban J connectivity index is 3.92. The summed E-state index contributed by atoms with van der Waals surface area (Å²) in [7, 11) is 0. The van der Waals surface area contributed by atoms with E-state index < -0.39 is 6.23 Å². The van der Waals surface area contributed by atoms with Crippen LogP contribution in [-0.4, -0.2) is 28.7 Å². The van der Waals surface area contributed by atoms with Crippen molar-refractivity contribution in [2.75, 3.05) is 0 Å². The van der Waals surface area contributed by atoms with Gasteiger partial charge in [-0.05, 0) is 20.3 Å². The molecule has 1 N–H and O–H groups in total. The van der Waals surface area contributed by atoms with E-state index in [1.165, 1.54) is 4.90 Å². The third-order valence-electron chi connectivity index (χ3n) is 1.35. The van der Waals surface area contributed by atoms with Gasteiger partial charge in [-0.3, -0.25) is 4.79 Å².